The van der Waals surface area contributed by atoms with Gasteiger partial charge in [-0.05, 0) is 61.2 Å². The lowest BCUT2D eigenvalue weighted by Gasteiger charge is -2.21. The maximum Gasteiger partial charge on any atom is 0.399 e. The average Bonchev–Trinajstić information content (AvgIpc) is 3.65. The summed E-state index contributed by atoms with van der Waals surface area (Å²) >= 11 is 0. The molecule has 1 saturated carbocycles. The highest BCUT2D eigenvalue weighted by Crippen LogP contribution is 2.50. The van der Waals surface area contributed by atoms with Gasteiger partial charge >= 0.3 is 6.18 Å². The van der Waals surface area contributed by atoms with Crippen LogP contribution in [0, 0.1) is 11.7 Å². The number of anilines is 1. The van der Waals surface area contributed by atoms with E-state index in [-0.39, 0.29) is 58.0 Å². The Morgan fingerprint density at radius 1 is 1.23 bits per heavy atom. The van der Waals surface area contributed by atoms with Crippen LogP contribution < -0.4 is 20.5 Å². The van der Waals surface area contributed by atoms with Gasteiger partial charge in [-0.2, -0.15) is 13.2 Å². The number of nitrogens with zero attached hydrogens (tertiary/aromatic N) is 1. The van der Waals surface area contributed by atoms with Crippen molar-refractivity contribution in [2.24, 2.45) is 5.92 Å². The number of benzene rings is 2. The number of ether oxygens (including phenoxy) is 2. The number of carbonyl (C=O) groups is 2. The van der Waals surface area contributed by atoms with Gasteiger partial charge in [0.15, 0.2) is 6.29 Å². The highest BCUT2D eigenvalue weighted by Gasteiger charge is 2.47. The molecule has 2 atom stereocenters. The molecule has 2 heterocycles. The van der Waals surface area contributed by atoms with E-state index >= 15 is 0 Å². The first-order valence-electron chi connectivity index (χ1n) is 12.3. The van der Waals surface area contributed by atoms with Crippen LogP contribution in [0.15, 0.2) is 42.5 Å². The third-order valence-corrected chi connectivity index (χ3v) is 7.14. The number of nitrogen functional groups attached to an aromatic ring is 1. The fourth-order valence-electron chi connectivity index (χ4n) is 4.87. The molecule has 0 radical (unpaired) electrons. The van der Waals surface area contributed by atoms with Crippen molar-refractivity contribution in [3.63, 3.8) is 0 Å². The SMILES string of the molecule is COc1cc(C(=O)NC[C@H](c2cc3c(c(-c4ccc(F)cc4)n2)OCC3C(F)(F)F)C2CC2)cc(C=O)c1N. The lowest BCUT2D eigenvalue weighted by Crippen LogP contribution is -2.30. The first-order chi connectivity index (χ1) is 18.6. The van der Waals surface area contributed by atoms with Crippen molar-refractivity contribution >= 4 is 17.9 Å². The van der Waals surface area contributed by atoms with Crippen LogP contribution in [0.4, 0.5) is 23.2 Å². The lowest BCUT2D eigenvalue weighted by molar-refractivity contribution is -0.151. The number of hydrogen-bond donors (Lipinski definition) is 2. The van der Waals surface area contributed by atoms with Crippen LogP contribution in [0.1, 0.15) is 56.7 Å². The molecule has 0 saturated heterocycles. The zero-order chi connectivity index (χ0) is 27.9. The van der Waals surface area contributed by atoms with E-state index in [1.54, 1.807) is 0 Å². The molecular formula is C28H25F4N3O4. The zero-order valence-corrected chi connectivity index (χ0v) is 20.8. The number of aromatic nitrogens is 1. The predicted molar refractivity (Wildman–Crippen MR) is 135 cm³/mol. The minimum Gasteiger partial charge on any atom is -0.495 e. The topological polar surface area (TPSA) is 104 Å². The Bertz CT molecular complexity index is 1420. The predicted octanol–water partition coefficient (Wildman–Crippen LogP) is 5.25. The van der Waals surface area contributed by atoms with E-state index in [9.17, 15) is 27.2 Å². The number of hydrogen-bond acceptors (Lipinski definition) is 6. The van der Waals surface area contributed by atoms with Gasteiger partial charge in [0.05, 0.1) is 12.8 Å². The van der Waals surface area contributed by atoms with Crippen LogP contribution in [0.2, 0.25) is 0 Å². The molecule has 1 aliphatic heterocycles. The molecule has 39 heavy (non-hydrogen) atoms. The Balaban J connectivity index is 1.49. The molecule has 1 fully saturated rings. The van der Waals surface area contributed by atoms with E-state index < -0.39 is 30.4 Å². The second-order valence-corrected chi connectivity index (χ2v) is 9.68. The summed E-state index contributed by atoms with van der Waals surface area (Å²) in [6, 6.07) is 9.48. The first-order valence-corrected chi connectivity index (χ1v) is 12.3. The first kappa shape index (κ1) is 26.5. The average molecular weight is 544 g/mol. The van der Waals surface area contributed by atoms with Gasteiger partial charge in [-0.3, -0.25) is 9.59 Å². The molecule has 204 valence electrons. The number of halogens is 4. The van der Waals surface area contributed by atoms with Crippen molar-refractivity contribution in [3.8, 4) is 22.8 Å². The normalized spacial score (nSPS) is 17.2. The summed E-state index contributed by atoms with van der Waals surface area (Å²) in [6.07, 6.45) is -2.35. The van der Waals surface area contributed by atoms with Gasteiger partial charge in [0, 0.05) is 40.4 Å². The lowest BCUT2D eigenvalue weighted by atomic mass is 9.92. The summed E-state index contributed by atoms with van der Waals surface area (Å²) in [5.41, 5.74) is 7.21. The van der Waals surface area contributed by atoms with Gasteiger partial charge < -0.3 is 20.5 Å². The molecule has 1 amide bonds. The van der Waals surface area contributed by atoms with Crippen molar-refractivity contribution in [2.45, 2.75) is 30.9 Å². The van der Waals surface area contributed by atoms with Crippen LogP contribution in [-0.4, -0.2) is 43.6 Å². The highest BCUT2D eigenvalue weighted by atomic mass is 19.4. The Morgan fingerprint density at radius 2 is 1.95 bits per heavy atom. The van der Waals surface area contributed by atoms with E-state index in [1.807, 2.05) is 0 Å². The molecule has 1 aromatic heterocycles. The third-order valence-electron chi connectivity index (χ3n) is 7.14. The summed E-state index contributed by atoms with van der Waals surface area (Å²) in [6.45, 7) is -0.472. The second kappa shape index (κ2) is 10.2. The number of rotatable bonds is 8. The van der Waals surface area contributed by atoms with Crippen molar-refractivity contribution in [2.75, 3.05) is 26.0 Å². The Labute approximate surface area is 221 Å². The number of methoxy groups -OCH3 is 1. The molecule has 1 unspecified atom stereocenters. The Hall–Kier alpha value is -4.15. The fraction of sp³-hybridized carbons (Fsp3) is 0.321. The molecule has 2 aliphatic rings. The van der Waals surface area contributed by atoms with E-state index in [0.29, 0.717) is 17.5 Å². The van der Waals surface area contributed by atoms with Crippen LogP contribution in [0.5, 0.6) is 11.5 Å². The summed E-state index contributed by atoms with van der Waals surface area (Å²) in [5.74, 6) is -2.89. The molecule has 2 aromatic carbocycles. The maximum absolute atomic E-state index is 13.9. The summed E-state index contributed by atoms with van der Waals surface area (Å²) < 4.78 is 65.8. The number of aldehydes is 1. The Kier molecular flexibility index (Phi) is 6.92. The minimum absolute atomic E-state index is 0.0253. The molecule has 1 aliphatic carbocycles. The van der Waals surface area contributed by atoms with Crippen molar-refractivity contribution in [1.82, 2.24) is 10.3 Å². The summed E-state index contributed by atoms with van der Waals surface area (Å²) in [7, 11) is 1.36. The molecular weight excluding hydrogens is 518 g/mol. The van der Waals surface area contributed by atoms with E-state index in [0.717, 1.165) is 12.8 Å². The second-order valence-electron chi connectivity index (χ2n) is 9.68. The molecule has 11 heteroatoms. The smallest absolute Gasteiger partial charge is 0.399 e. The van der Waals surface area contributed by atoms with E-state index in [2.05, 4.69) is 5.32 Å². The fourth-order valence-corrected chi connectivity index (χ4v) is 4.87. The molecule has 0 bridgehead atoms. The molecule has 3 N–H and O–H groups in total. The van der Waals surface area contributed by atoms with E-state index in [1.165, 1.54) is 49.6 Å². The summed E-state index contributed by atoms with van der Waals surface area (Å²) in [5, 5.41) is 2.82. The van der Waals surface area contributed by atoms with Gasteiger partial charge in [-0.15, -0.1) is 0 Å². The summed E-state index contributed by atoms with van der Waals surface area (Å²) in [4.78, 5) is 29.1. The standard InChI is InChI=1S/C28H25F4N3O4/c1-38-23-9-16(8-17(12-36)24(23)33)27(37)34-11-20(14-2-3-14)22-10-19-21(28(30,31)32)13-39-26(19)25(35-22)15-4-6-18(29)7-5-15/h4-10,12,14,20-21H,2-3,11,13,33H2,1H3,(H,34,37)/t20-,21?/m0/s1. The van der Waals surface area contributed by atoms with Gasteiger partial charge in [0.2, 0.25) is 0 Å². The van der Waals surface area contributed by atoms with Crippen LogP contribution in [0.3, 0.4) is 0 Å². The monoisotopic (exact) mass is 543 g/mol. The largest absolute Gasteiger partial charge is 0.495 e. The van der Waals surface area contributed by atoms with Crippen LogP contribution in [0.25, 0.3) is 11.3 Å². The van der Waals surface area contributed by atoms with Gasteiger partial charge in [-0.25, -0.2) is 9.37 Å². The van der Waals surface area contributed by atoms with Gasteiger partial charge in [0.25, 0.3) is 5.91 Å². The highest BCUT2D eigenvalue weighted by molar-refractivity contribution is 5.98. The quantitative estimate of drug-likeness (QED) is 0.229. The van der Waals surface area contributed by atoms with Crippen molar-refractivity contribution < 1.29 is 36.6 Å². The number of carbonyl (C=O) groups excluding carboxylic acids is 2. The molecule has 0 spiro atoms. The van der Waals surface area contributed by atoms with Gasteiger partial charge in [-0.1, -0.05) is 0 Å². The van der Waals surface area contributed by atoms with Crippen molar-refractivity contribution in [3.05, 3.63) is 70.7 Å². The maximum atomic E-state index is 13.9. The molecule has 3 aromatic rings. The van der Waals surface area contributed by atoms with Crippen molar-refractivity contribution in [1.29, 1.82) is 0 Å². The molecule has 5 rings (SSSR count). The van der Waals surface area contributed by atoms with Crippen LogP contribution in [-0.2, 0) is 0 Å². The van der Waals surface area contributed by atoms with E-state index in [4.69, 9.17) is 20.2 Å². The number of alkyl halides is 3. The third kappa shape index (κ3) is 5.25. The number of nitrogens with one attached hydrogen (secondary N) is 1. The minimum atomic E-state index is -4.53. The van der Waals surface area contributed by atoms with Gasteiger partial charge in [0.1, 0.15) is 35.5 Å². The number of pyridine rings is 1. The number of amides is 1. The van der Waals surface area contributed by atoms with Crippen LogP contribution >= 0.6 is 0 Å². The Morgan fingerprint density at radius 3 is 2.56 bits per heavy atom. The molecule has 7 nitrogen and oxygen atoms in total. The number of nitrogens with two attached hydrogens (primary N) is 1. The number of fused-ring (bicyclic) bond motifs is 1. The zero-order valence-electron chi connectivity index (χ0n) is 20.8.